The van der Waals surface area contributed by atoms with Crippen LogP contribution in [0, 0.1) is 17.0 Å². The van der Waals surface area contributed by atoms with Gasteiger partial charge in [0, 0.05) is 49.4 Å². The molecule has 13 nitrogen and oxygen atoms in total. The summed E-state index contributed by atoms with van der Waals surface area (Å²) >= 11 is 0. The molecule has 0 radical (unpaired) electrons. The average molecular weight is 610 g/mol. The number of nitrogens with zero attached hydrogens (tertiary/aromatic N) is 3. The first kappa shape index (κ1) is 29.0. The minimum Gasteiger partial charge on any atom is -0.491 e. The second-order valence-corrected chi connectivity index (χ2v) is 12.7. The molecule has 3 N–H and O–H groups in total. The van der Waals surface area contributed by atoms with Gasteiger partial charge in [-0.2, -0.15) is 0 Å². The number of hydrogen-bond acceptors (Lipinski definition) is 9. The summed E-state index contributed by atoms with van der Waals surface area (Å²) in [5.41, 5.74) is -2.70. The van der Waals surface area contributed by atoms with Crippen molar-refractivity contribution in [3.05, 3.63) is 80.5 Å². The van der Waals surface area contributed by atoms with Crippen LogP contribution in [-0.4, -0.2) is 79.4 Å². The molecule has 1 aliphatic carbocycles. The molecule has 1 saturated heterocycles. The smallest absolute Gasteiger partial charge is 0.280 e. The van der Waals surface area contributed by atoms with Gasteiger partial charge in [0.15, 0.2) is 0 Å². The summed E-state index contributed by atoms with van der Waals surface area (Å²) in [5, 5.41) is 27.2. The number of carbonyl (C=O) groups excluding carboxylic acids is 2. The number of carbonyl (C=O) groups is 2. The van der Waals surface area contributed by atoms with Gasteiger partial charge in [0.1, 0.15) is 38.8 Å². The molecule has 3 aromatic rings. The number of ether oxygens (including phenoxy) is 2. The molecule has 43 heavy (non-hydrogen) atoms. The fraction of sp³-hybridized carbons (Fsp3) is 0.379. The zero-order valence-electron chi connectivity index (χ0n) is 24.0. The van der Waals surface area contributed by atoms with Crippen LogP contribution < -0.4 is 14.8 Å². The minimum atomic E-state index is -2.65. The molecule has 2 aliphatic heterocycles. The molecule has 3 unspecified atom stereocenters. The molecular formula is C29H31N5O8S. The number of rotatable bonds is 7. The largest absolute Gasteiger partial charge is 0.491 e. The van der Waals surface area contributed by atoms with E-state index in [1.807, 2.05) is 20.9 Å². The number of nitrogens with one attached hydrogen (secondary N) is 2. The summed E-state index contributed by atoms with van der Waals surface area (Å²) in [5.74, 6) is -3.81. The highest BCUT2D eigenvalue weighted by atomic mass is 32.2. The van der Waals surface area contributed by atoms with Crippen molar-refractivity contribution in [2.24, 2.45) is 0 Å². The predicted octanol–water partition coefficient (Wildman–Crippen LogP) is 2.35. The van der Waals surface area contributed by atoms with Crippen LogP contribution in [0.1, 0.15) is 51.4 Å². The van der Waals surface area contributed by atoms with Gasteiger partial charge in [0.2, 0.25) is 11.3 Å². The first-order valence-corrected chi connectivity index (χ1v) is 14.9. The topological polar surface area (TPSA) is 167 Å². The summed E-state index contributed by atoms with van der Waals surface area (Å²) in [4.78, 5) is 44.6. The van der Waals surface area contributed by atoms with Crippen LogP contribution in [0.4, 0.5) is 5.69 Å². The third-order valence-corrected chi connectivity index (χ3v) is 9.49. The quantitative estimate of drug-likeness (QED) is 0.269. The van der Waals surface area contributed by atoms with Crippen molar-refractivity contribution in [1.82, 2.24) is 19.5 Å². The number of aromatic nitrogens is 1. The maximum atomic E-state index is 14.2. The van der Waals surface area contributed by atoms with E-state index in [0.29, 0.717) is 29.4 Å². The Kier molecular flexibility index (Phi) is 6.92. The number of ketones is 1. The number of amides is 1. The first-order valence-electron chi connectivity index (χ1n) is 13.8. The van der Waals surface area contributed by atoms with Crippen molar-refractivity contribution in [3.8, 4) is 11.5 Å². The van der Waals surface area contributed by atoms with Crippen molar-refractivity contribution < 1.29 is 33.3 Å². The van der Waals surface area contributed by atoms with Gasteiger partial charge in [0.05, 0.1) is 11.0 Å². The average Bonchev–Trinajstić information content (AvgIpc) is 3.52. The predicted molar refractivity (Wildman–Crippen MR) is 154 cm³/mol. The number of aryl methyl sites for hydroxylation is 1. The van der Waals surface area contributed by atoms with Gasteiger partial charge in [-0.05, 0) is 51.6 Å². The van der Waals surface area contributed by atoms with Crippen LogP contribution in [0.5, 0.6) is 11.5 Å². The Morgan fingerprint density at radius 2 is 1.93 bits per heavy atom. The number of benzene rings is 2. The Morgan fingerprint density at radius 3 is 2.60 bits per heavy atom. The maximum Gasteiger partial charge on any atom is 0.280 e. The number of nitro benzene ring substituents is 1. The number of hydrogen-bond donors (Lipinski definition) is 3. The van der Waals surface area contributed by atoms with Gasteiger partial charge in [-0.25, -0.2) is 8.51 Å². The molecule has 226 valence electrons. The normalized spacial score (nSPS) is 23.8. The van der Waals surface area contributed by atoms with E-state index in [9.17, 15) is 29.0 Å². The van der Waals surface area contributed by atoms with Crippen LogP contribution in [-0.2, 0) is 22.3 Å². The third-order valence-electron chi connectivity index (χ3n) is 8.06. The molecule has 1 fully saturated rings. The molecular weight excluding hydrogens is 578 g/mol. The summed E-state index contributed by atoms with van der Waals surface area (Å²) < 4.78 is 26.9. The van der Waals surface area contributed by atoms with Crippen molar-refractivity contribution in [1.29, 1.82) is 0 Å². The number of nitro groups is 1. The maximum absolute atomic E-state index is 14.2. The molecule has 3 aliphatic rings. The lowest BCUT2D eigenvalue weighted by molar-refractivity contribution is -0.388. The molecule has 3 heterocycles. The highest BCUT2D eigenvalue weighted by Crippen LogP contribution is 2.60. The summed E-state index contributed by atoms with van der Waals surface area (Å²) in [6, 6.07) is 10.0. The molecule has 2 aromatic carbocycles. The van der Waals surface area contributed by atoms with Gasteiger partial charge in [-0.15, -0.1) is 0 Å². The molecule has 6 rings (SSSR count). The van der Waals surface area contributed by atoms with E-state index in [1.165, 1.54) is 24.3 Å². The number of H-pyrrole nitrogens is 1. The summed E-state index contributed by atoms with van der Waals surface area (Å²) in [6.07, 6.45) is -0.194. The lowest BCUT2D eigenvalue weighted by Gasteiger charge is -2.34. The summed E-state index contributed by atoms with van der Waals surface area (Å²) in [7, 11) is 0.428. The Morgan fingerprint density at radius 1 is 1.21 bits per heavy atom. The van der Waals surface area contributed by atoms with Gasteiger partial charge >= 0.3 is 0 Å². The number of aromatic amines is 1. The second kappa shape index (κ2) is 10.3. The van der Waals surface area contributed by atoms with Crippen LogP contribution in [0.3, 0.4) is 0 Å². The molecule has 1 aromatic heterocycles. The molecule has 0 bridgehead atoms. The minimum absolute atomic E-state index is 0.0261. The van der Waals surface area contributed by atoms with E-state index in [4.69, 9.17) is 9.47 Å². The van der Waals surface area contributed by atoms with Crippen molar-refractivity contribution in [2.45, 2.75) is 43.2 Å². The Bertz CT molecular complexity index is 1700. The number of fused-ring (bicyclic) bond motifs is 5. The van der Waals surface area contributed by atoms with Crippen LogP contribution >= 0.6 is 0 Å². The Hall–Kier alpha value is -4.11. The van der Waals surface area contributed by atoms with E-state index in [0.717, 1.165) is 19.2 Å². The Balaban J connectivity index is 1.43. The first-order chi connectivity index (χ1) is 20.4. The van der Waals surface area contributed by atoms with E-state index in [2.05, 4.69) is 15.2 Å². The number of piperazine rings is 1. The van der Waals surface area contributed by atoms with Gasteiger partial charge < -0.3 is 29.8 Å². The zero-order valence-corrected chi connectivity index (χ0v) is 24.8. The van der Waals surface area contributed by atoms with E-state index in [-0.39, 0.29) is 34.2 Å². The van der Waals surface area contributed by atoms with Gasteiger partial charge in [-0.1, -0.05) is 12.1 Å². The van der Waals surface area contributed by atoms with Crippen molar-refractivity contribution in [3.63, 3.8) is 0 Å². The zero-order chi connectivity index (χ0) is 30.8. The molecule has 1 amide bonds. The highest BCUT2D eigenvalue weighted by Gasteiger charge is 2.73. The van der Waals surface area contributed by atoms with Crippen LogP contribution in [0.25, 0.3) is 0 Å². The molecule has 14 heteroatoms. The number of likely N-dealkylation sites (N-methyl/N-ethyl adjacent to an activating group) is 1. The van der Waals surface area contributed by atoms with E-state index < -0.39 is 44.6 Å². The van der Waals surface area contributed by atoms with E-state index in [1.54, 1.807) is 23.4 Å². The standard InChI is InChI=1S/C29H31N5O8S/c1-16(2)41-18-8-9-20-22(15-18)42-29(37)24-19(6-5-7-21(24)34(38)39)26(35)28(20,29)31-27(36)25-17(3)14-23(30-25)43(40)33-12-10-32(4)11-13-33/h5-9,14-16,30,37H,10-13H2,1-4H3,(H,31,36). The monoisotopic (exact) mass is 609 g/mol. The molecule has 3 atom stereocenters. The van der Waals surface area contributed by atoms with Crippen molar-refractivity contribution in [2.75, 3.05) is 33.2 Å². The Labute approximate surface area is 249 Å². The molecule has 0 spiro atoms. The SMILES string of the molecule is Cc1cc(S(=O)N2CCN(C)CC2)[nH]c1C(=O)NC12C(=O)c3cccc([N+](=O)[O-])c3C1(O)Oc1cc(OC(C)C)ccc12. The lowest BCUT2D eigenvalue weighted by Crippen LogP contribution is -2.60. The van der Waals surface area contributed by atoms with Gasteiger partial charge in [0.25, 0.3) is 17.4 Å². The van der Waals surface area contributed by atoms with Crippen LogP contribution in [0.2, 0.25) is 0 Å². The van der Waals surface area contributed by atoms with Crippen molar-refractivity contribution >= 4 is 28.4 Å². The number of aliphatic hydroxyl groups is 1. The van der Waals surface area contributed by atoms with Gasteiger partial charge in [-0.3, -0.25) is 19.7 Å². The molecule has 0 saturated carbocycles. The third kappa shape index (κ3) is 4.35. The highest BCUT2D eigenvalue weighted by molar-refractivity contribution is 7.82. The van der Waals surface area contributed by atoms with Crippen LogP contribution in [0.15, 0.2) is 47.5 Å². The summed E-state index contributed by atoms with van der Waals surface area (Å²) in [6.45, 7) is 7.97. The fourth-order valence-corrected chi connectivity index (χ4v) is 7.25. The number of Topliss-reactive ketones (excluding diaryl/α,β-unsaturated/α-hetero) is 1. The second-order valence-electron chi connectivity index (χ2n) is 11.2. The van der Waals surface area contributed by atoms with E-state index >= 15 is 0 Å². The fourth-order valence-electron chi connectivity index (χ4n) is 6.01. The lowest BCUT2D eigenvalue weighted by atomic mass is 9.82.